The molecule has 0 aliphatic heterocycles. The van der Waals surface area contributed by atoms with Crippen LogP contribution in [0.3, 0.4) is 0 Å². The summed E-state index contributed by atoms with van der Waals surface area (Å²) in [5.41, 5.74) is 0.988. The molecule has 0 saturated carbocycles. The molecule has 0 aromatic heterocycles. The van der Waals surface area contributed by atoms with Crippen molar-refractivity contribution in [3.8, 4) is 5.75 Å². The van der Waals surface area contributed by atoms with E-state index >= 15 is 0 Å². The molecule has 1 N–H and O–H groups in total. The smallest absolute Gasteiger partial charge is 0.138 e. The molecule has 0 fully saturated rings. The number of ether oxygens (including phenoxy) is 2. The van der Waals surface area contributed by atoms with Gasteiger partial charge in [0.2, 0.25) is 0 Å². The van der Waals surface area contributed by atoms with Gasteiger partial charge >= 0.3 is 0 Å². The number of hydrogen-bond donors (Lipinski definition) is 1. The maximum absolute atomic E-state index is 6.12. The number of anilines is 1. The van der Waals surface area contributed by atoms with Crippen LogP contribution < -0.4 is 10.1 Å². The molecule has 17 heavy (non-hydrogen) atoms. The molecule has 0 amide bonds. The first-order valence-electron chi connectivity index (χ1n) is 5.89. The molecule has 1 rings (SSSR count). The Morgan fingerprint density at radius 2 is 2.12 bits per heavy atom. The van der Waals surface area contributed by atoms with Crippen LogP contribution in [0, 0.1) is 0 Å². The fourth-order valence-corrected chi connectivity index (χ4v) is 1.80. The van der Waals surface area contributed by atoms with Crippen LogP contribution in [0.1, 0.15) is 20.3 Å². The minimum atomic E-state index is 0.300. The molecule has 0 aliphatic rings. The Labute approximate surface area is 108 Å². The first-order chi connectivity index (χ1) is 8.21. The Morgan fingerprint density at radius 1 is 1.35 bits per heavy atom. The van der Waals surface area contributed by atoms with E-state index in [1.54, 1.807) is 7.11 Å². The van der Waals surface area contributed by atoms with E-state index in [2.05, 4.69) is 12.2 Å². The molecule has 1 aromatic rings. The quantitative estimate of drug-likeness (QED) is 0.810. The summed E-state index contributed by atoms with van der Waals surface area (Å²) in [6.45, 7) is 5.36. The van der Waals surface area contributed by atoms with Gasteiger partial charge < -0.3 is 14.8 Å². The molecule has 0 radical (unpaired) electrons. The Hall–Kier alpha value is -0.930. The Kier molecular flexibility index (Phi) is 6.16. The van der Waals surface area contributed by atoms with Gasteiger partial charge in [0.05, 0.1) is 18.2 Å². The van der Waals surface area contributed by atoms with Crippen LogP contribution in [0.5, 0.6) is 5.75 Å². The minimum Gasteiger partial charge on any atom is -0.492 e. The highest BCUT2D eigenvalue weighted by atomic mass is 35.5. The number of nitrogens with one attached hydrogen (secondary N) is 1. The van der Waals surface area contributed by atoms with E-state index in [-0.39, 0.29) is 0 Å². The predicted molar refractivity (Wildman–Crippen MR) is 72.2 cm³/mol. The van der Waals surface area contributed by atoms with E-state index in [9.17, 15) is 0 Å². The monoisotopic (exact) mass is 257 g/mol. The molecule has 0 heterocycles. The molecular weight excluding hydrogens is 238 g/mol. The highest BCUT2D eigenvalue weighted by Gasteiger charge is 2.07. The van der Waals surface area contributed by atoms with Crippen LogP contribution in [-0.4, -0.2) is 26.4 Å². The molecule has 1 atom stereocenters. The van der Waals surface area contributed by atoms with Crippen LogP contribution in [0.25, 0.3) is 0 Å². The topological polar surface area (TPSA) is 30.5 Å². The van der Waals surface area contributed by atoms with Gasteiger partial charge in [-0.3, -0.25) is 0 Å². The fraction of sp³-hybridized carbons (Fsp3) is 0.538. The normalized spacial score (nSPS) is 12.2. The summed E-state index contributed by atoms with van der Waals surface area (Å²) in [5, 5.41) is 4.00. The Morgan fingerprint density at radius 3 is 2.65 bits per heavy atom. The van der Waals surface area contributed by atoms with Gasteiger partial charge in [0, 0.05) is 18.8 Å². The lowest BCUT2D eigenvalue weighted by molar-refractivity contribution is 0.184. The van der Waals surface area contributed by atoms with Crippen LogP contribution in [-0.2, 0) is 4.74 Å². The van der Waals surface area contributed by atoms with Gasteiger partial charge in [-0.15, -0.1) is 0 Å². The van der Waals surface area contributed by atoms with Crippen molar-refractivity contribution >= 4 is 17.3 Å². The minimum absolute atomic E-state index is 0.300. The lowest BCUT2D eigenvalue weighted by atomic mass is 10.2. The second-order valence-corrected chi connectivity index (χ2v) is 4.19. The maximum Gasteiger partial charge on any atom is 0.138 e. The zero-order chi connectivity index (χ0) is 12.7. The van der Waals surface area contributed by atoms with Crippen molar-refractivity contribution in [2.75, 3.05) is 25.6 Å². The highest BCUT2D eigenvalue weighted by Crippen LogP contribution is 2.28. The number of rotatable bonds is 7. The second kappa shape index (κ2) is 7.41. The van der Waals surface area contributed by atoms with Gasteiger partial charge in [0.15, 0.2) is 0 Å². The molecule has 0 saturated heterocycles. The van der Waals surface area contributed by atoms with Crippen molar-refractivity contribution in [1.82, 2.24) is 0 Å². The third kappa shape index (κ3) is 4.44. The van der Waals surface area contributed by atoms with Crippen molar-refractivity contribution in [2.24, 2.45) is 0 Å². The molecular formula is C13H20ClNO2. The molecule has 3 nitrogen and oxygen atoms in total. The Balaban J connectivity index is 2.68. The molecule has 0 bridgehead atoms. The lowest BCUT2D eigenvalue weighted by Crippen LogP contribution is -2.23. The number of halogens is 1. The Bertz CT molecular complexity index is 344. The van der Waals surface area contributed by atoms with Crippen LogP contribution in [0.4, 0.5) is 5.69 Å². The van der Waals surface area contributed by atoms with Crippen molar-refractivity contribution < 1.29 is 9.47 Å². The van der Waals surface area contributed by atoms with Crippen molar-refractivity contribution in [1.29, 1.82) is 0 Å². The first kappa shape index (κ1) is 14.1. The van der Waals surface area contributed by atoms with Gasteiger partial charge in [-0.2, -0.15) is 0 Å². The zero-order valence-electron chi connectivity index (χ0n) is 10.6. The van der Waals surface area contributed by atoms with Gasteiger partial charge in [-0.1, -0.05) is 18.5 Å². The summed E-state index contributed by atoms with van der Waals surface area (Å²) in [7, 11) is 1.70. The zero-order valence-corrected chi connectivity index (χ0v) is 11.4. The summed E-state index contributed by atoms with van der Waals surface area (Å²) in [5.74, 6) is 0.722. The van der Waals surface area contributed by atoms with Crippen molar-refractivity contribution in [2.45, 2.75) is 26.3 Å². The van der Waals surface area contributed by atoms with E-state index in [0.717, 1.165) is 17.9 Å². The predicted octanol–water partition coefficient (Wildman–Crippen LogP) is 3.58. The van der Waals surface area contributed by atoms with Crippen LogP contribution in [0.15, 0.2) is 18.2 Å². The summed E-state index contributed by atoms with van der Waals surface area (Å²) < 4.78 is 10.5. The number of hydrogen-bond acceptors (Lipinski definition) is 3. The van der Waals surface area contributed by atoms with Crippen LogP contribution >= 0.6 is 11.6 Å². The van der Waals surface area contributed by atoms with Crippen molar-refractivity contribution in [3.05, 3.63) is 23.2 Å². The largest absolute Gasteiger partial charge is 0.492 e. The maximum atomic E-state index is 6.12. The second-order valence-electron chi connectivity index (χ2n) is 3.78. The van der Waals surface area contributed by atoms with E-state index < -0.39 is 0 Å². The first-order valence-corrected chi connectivity index (χ1v) is 6.26. The lowest BCUT2D eigenvalue weighted by Gasteiger charge is -2.18. The molecule has 1 unspecified atom stereocenters. The SMILES string of the molecule is CCOc1ccc(NC(CC)COC)cc1Cl. The molecule has 96 valence electrons. The van der Waals surface area contributed by atoms with Gasteiger partial charge in [0.1, 0.15) is 5.75 Å². The molecule has 1 aromatic carbocycles. The van der Waals surface area contributed by atoms with Gasteiger partial charge in [0.25, 0.3) is 0 Å². The van der Waals surface area contributed by atoms with Gasteiger partial charge in [-0.05, 0) is 31.5 Å². The fourth-order valence-electron chi connectivity index (χ4n) is 1.56. The molecule has 0 aliphatic carbocycles. The standard InChI is InChI=1S/C13H20ClNO2/c1-4-10(9-16-3)15-11-6-7-13(17-5-2)12(14)8-11/h6-8,10,15H,4-5,9H2,1-3H3. The third-order valence-corrected chi connectivity index (χ3v) is 2.76. The average Bonchev–Trinajstić information content (AvgIpc) is 2.32. The van der Waals surface area contributed by atoms with Crippen molar-refractivity contribution in [3.63, 3.8) is 0 Å². The van der Waals surface area contributed by atoms with E-state index in [0.29, 0.717) is 24.3 Å². The molecule has 4 heteroatoms. The van der Waals surface area contributed by atoms with Crippen LogP contribution in [0.2, 0.25) is 5.02 Å². The van der Waals surface area contributed by atoms with E-state index in [1.807, 2.05) is 25.1 Å². The van der Waals surface area contributed by atoms with Gasteiger partial charge in [-0.25, -0.2) is 0 Å². The summed E-state index contributed by atoms with van der Waals surface area (Å²) in [6, 6.07) is 6.03. The highest BCUT2D eigenvalue weighted by molar-refractivity contribution is 6.32. The van der Waals surface area contributed by atoms with E-state index in [4.69, 9.17) is 21.1 Å². The van der Waals surface area contributed by atoms with E-state index in [1.165, 1.54) is 0 Å². The number of methoxy groups -OCH3 is 1. The summed E-state index contributed by atoms with van der Waals surface area (Å²) in [4.78, 5) is 0. The summed E-state index contributed by atoms with van der Waals surface area (Å²) in [6.07, 6.45) is 0.999. The number of benzene rings is 1. The summed E-state index contributed by atoms with van der Waals surface area (Å²) >= 11 is 6.12. The molecule has 0 spiro atoms. The third-order valence-electron chi connectivity index (χ3n) is 2.46. The average molecular weight is 258 g/mol.